The summed E-state index contributed by atoms with van der Waals surface area (Å²) in [6.45, 7) is 3.98. The van der Waals surface area contributed by atoms with Crippen LogP contribution >= 0.6 is 15.9 Å². The molecule has 0 radical (unpaired) electrons. The molecule has 0 saturated carbocycles. The van der Waals surface area contributed by atoms with Crippen molar-refractivity contribution in [3.8, 4) is 0 Å². The number of rotatable bonds is 3. The minimum absolute atomic E-state index is 0.189. The summed E-state index contributed by atoms with van der Waals surface area (Å²) in [5.41, 5.74) is 2.04. The van der Waals surface area contributed by atoms with E-state index in [1.165, 1.54) is 5.56 Å². The third-order valence-corrected chi connectivity index (χ3v) is 2.72. The van der Waals surface area contributed by atoms with Crippen molar-refractivity contribution in [2.75, 3.05) is 0 Å². The standard InChI is InChI=1S/C11H13BrO/c1-3-8-5-6-9(10(12)7-8)11(13)4-2/h5-7H,3-4H2,1-2H3. The molecule has 0 N–H and O–H groups in total. The molecule has 1 aromatic carbocycles. The van der Waals surface area contributed by atoms with Gasteiger partial charge < -0.3 is 0 Å². The van der Waals surface area contributed by atoms with Crippen molar-refractivity contribution >= 4 is 21.7 Å². The number of benzene rings is 1. The fourth-order valence-electron chi connectivity index (χ4n) is 1.20. The SMILES string of the molecule is CCC(=O)c1ccc(CC)cc1Br. The number of hydrogen-bond donors (Lipinski definition) is 0. The average Bonchev–Trinajstić information content (AvgIpc) is 2.16. The Labute approximate surface area is 87.3 Å². The molecule has 0 atom stereocenters. The van der Waals surface area contributed by atoms with Crippen LogP contribution in [0.15, 0.2) is 22.7 Å². The Bertz CT molecular complexity index is 318. The highest BCUT2D eigenvalue weighted by atomic mass is 79.9. The summed E-state index contributed by atoms with van der Waals surface area (Å²) in [7, 11) is 0. The summed E-state index contributed by atoms with van der Waals surface area (Å²) in [4.78, 5) is 11.4. The Morgan fingerprint density at radius 2 is 2.08 bits per heavy atom. The van der Waals surface area contributed by atoms with Crippen molar-refractivity contribution in [1.29, 1.82) is 0 Å². The molecule has 2 heteroatoms. The van der Waals surface area contributed by atoms with Crippen LogP contribution in [0.5, 0.6) is 0 Å². The summed E-state index contributed by atoms with van der Waals surface area (Å²) >= 11 is 3.41. The van der Waals surface area contributed by atoms with Crippen LogP contribution in [0.25, 0.3) is 0 Å². The smallest absolute Gasteiger partial charge is 0.163 e. The Morgan fingerprint density at radius 1 is 1.38 bits per heavy atom. The van der Waals surface area contributed by atoms with Gasteiger partial charge in [-0.2, -0.15) is 0 Å². The monoisotopic (exact) mass is 240 g/mol. The highest BCUT2D eigenvalue weighted by Gasteiger charge is 2.07. The van der Waals surface area contributed by atoms with E-state index in [4.69, 9.17) is 0 Å². The minimum Gasteiger partial charge on any atom is -0.294 e. The van der Waals surface area contributed by atoms with Gasteiger partial charge in [-0.15, -0.1) is 0 Å². The lowest BCUT2D eigenvalue weighted by Gasteiger charge is -2.03. The molecule has 0 heterocycles. The summed E-state index contributed by atoms with van der Waals surface area (Å²) in [6.07, 6.45) is 1.56. The van der Waals surface area contributed by atoms with Crippen molar-refractivity contribution in [1.82, 2.24) is 0 Å². The molecule has 0 aliphatic heterocycles. The van der Waals surface area contributed by atoms with Crippen LogP contribution in [-0.2, 0) is 6.42 Å². The van der Waals surface area contributed by atoms with Gasteiger partial charge in [-0.05, 0) is 24.1 Å². The summed E-state index contributed by atoms with van der Waals surface area (Å²) in [5, 5.41) is 0. The molecule has 0 aliphatic carbocycles. The third-order valence-electron chi connectivity index (χ3n) is 2.06. The maximum atomic E-state index is 11.4. The van der Waals surface area contributed by atoms with Crippen molar-refractivity contribution in [3.63, 3.8) is 0 Å². The predicted molar refractivity (Wildman–Crippen MR) is 58.1 cm³/mol. The molecule has 0 bridgehead atoms. The molecule has 0 spiro atoms. The Hall–Kier alpha value is -0.630. The molecular weight excluding hydrogens is 228 g/mol. The highest BCUT2D eigenvalue weighted by Crippen LogP contribution is 2.20. The van der Waals surface area contributed by atoms with Crippen LogP contribution in [0.3, 0.4) is 0 Å². The zero-order valence-electron chi connectivity index (χ0n) is 7.93. The largest absolute Gasteiger partial charge is 0.294 e. The second kappa shape index (κ2) is 4.56. The summed E-state index contributed by atoms with van der Waals surface area (Å²) < 4.78 is 0.915. The molecule has 1 aromatic rings. The summed E-state index contributed by atoms with van der Waals surface area (Å²) in [5.74, 6) is 0.189. The van der Waals surface area contributed by atoms with Gasteiger partial charge in [0.05, 0.1) is 0 Å². The van der Waals surface area contributed by atoms with Crippen molar-refractivity contribution in [2.45, 2.75) is 26.7 Å². The number of hydrogen-bond acceptors (Lipinski definition) is 1. The van der Waals surface area contributed by atoms with Gasteiger partial charge >= 0.3 is 0 Å². The van der Waals surface area contributed by atoms with E-state index in [1.807, 2.05) is 25.1 Å². The van der Waals surface area contributed by atoms with Gasteiger partial charge in [0, 0.05) is 16.5 Å². The molecule has 0 fully saturated rings. The van der Waals surface area contributed by atoms with Gasteiger partial charge in [-0.1, -0.05) is 35.8 Å². The van der Waals surface area contributed by atoms with Gasteiger partial charge in [0.2, 0.25) is 0 Å². The van der Waals surface area contributed by atoms with Crippen LogP contribution in [0.2, 0.25) is 0 Å². The molecule has 1 nitrogen and oxygen atoms in total. The molecule has 0 amide bonds. The first kappa shape index (κ1) is 10.5. The second-order valence-electron chi connectivity index (χ2n) is 2.94. The molecule has 0 aliphatic rings. The number of Topliss-reactive ketones (excluding diaryl/α,β-unsaturated/α-hetero) is 1. The molecule has 13 heavy (non-hydrogen) atoms. The number of halogens is 1. The molecule has 0 unspecified atom stereocenters. The summed E-state index contributed by atoms with van der Waals surface area (Å²) in [6, 6.07) is 5.92. The fourth-order valence-corrected chi connectivity index (χ4v) is 1.84. The second-order valence-corrected chi connectivity index (χ2v) is 3.80. The van der Waals surface area contributed by atoms with Crippen molar-refractivity contribution < 1.29 is 4.79 Å². The quantitative estimate of drug-likeness (QED) is 0.739. The van der Waals surface area contributed by atoms with E-state index in [9.17, 15) is 4.79 Å². The van der Waals surface area contributed by atoms with Crippen LogP contribution < -0.4 is 0 Å². The lowest BCUT2D eigenvalue weighted by molar-refractivity contribution is 0.0987. The van der Waals surface area contributed by atoms with E-state index in [0.717, 1.165) is 16.5 Å². The lowest BCUT2D eigenvalue weighted by atomic mass is 10.1. The van der Waals surface area contributed by atoms with Crippen LogP contribution in [0.4, 0.5) is 0 Å². The van der Waals surface area contributed by atoms with Crippen LogP contribution in [-0.4, -0.2) is 5.78 Å². The third kappa shape index (κ3) is 2.41. The highest BCUT2D eigenvalue weighted by molar-refractivity contribution is 9.10. The first-order valence-electron chi connectivity index (χ1n) is 4.50. The van der Waals surface area contributed by atoms with Gasteiger partial charge in [0.25, 0.3) is 0 Å². The molecule has 1 rings (SSSR count). The topological polar surface area (TPSA) is 17.1 Å². The number of carbonyl (C=O) groups excluding carboxylic acids is 1. The van der Waals surface area contributed by atoms with Gasteiger partial charge in [0.1, 0.15) is 0 Å². The number of carbonyl (C=O) groups is 1. The van der Waals surface area contributed by atoms with Crippen molar-refractivity contribution in [2.24, 2.45) is 0 Å². The number of ketones is 1. The van der Waals surface area contributed by atoms with E-state index in [1.54, 1.807) is 0 Å². The van der Waals surface area contributed by atoms with Gasteiger partial charge in [-0.25, -0.2) is 0 Å². The van der Waals surface area contributed by atoms with Crippen LogP contribution in [0, 0.1) is 0 Å². The van der Waals surface area contributed by atoms with E-state index >= 15 is 0 Å². The maximum absolute atomic E-state index is 11.4. The average molecular weight is 241 g/mol. The Morgan fingerprint density at radius 3 is 2.54 bits per heavy atom. The maximum Gasteiger partial charge on any atom is 0.163 e. The molecule has 70 valence electrons. The normalized spacial score (nSPS) is 10.1. The minimum atomic E-state index is 0.189. The lowest BCUT2D eigenvalue weighted by Crippen LogP contribution is -1.98. The fraction of sp³-hybridized carbons (Fsp3) is 0.364. The van der Waals surface area contributed by atoms with E-state index < -0.39 is 0 Å². The van der Waals surface area contributed by atoms with E-state index in [2.05, 4.69) is 22.9 Å². The van der Waals surface area contributed by atoms with Crippen molar-refractivity contribution in [3.05, 3.63) is 33.8 Å². The van der Waals surface area contributed by atoms with E-state index in [0.29, 0.717) is 6.42 Å². The Balaban J connectivity index is 3.05. The van der Waals surface area contributed by atoms with Crippen LogP contribution in [0.1, 0.15) is 36.2 Å². The van der Waals surface area contributed by atoms with E-state index in [-0.39, 0.29) is 5.78 Å². The zero-order chi connectivity index (χ0) is 9.84. The first-order chi connectivity index (χ1) is 6.19. The van der Waals surface area contributed by atoms with Gasteiger partial charge in [-0.3, -0.25) is 4.79 Å². The first-order valence-corrected chi connectivity index (χ1v) is 5.30. The molecule has 0 saturated heterocycles. The molecule has 0 aromatic heterocycles. The molecular formula is C11H13BrO. The number of aryl methyl sites for hydroxylation is 1. The Kier molecular flexibility index (Phi) is 3.67. The predicted octanol–water partition coefficient (Wildman–Crippen LogP) is 3.60. The zero-order valence-corrected chi connectivity index (χ0v) is 9.52. The van der Waals surface area contributed by atoms with Gasteiger partial charge in [0.15, 0.2) is 5.78 Å².